The van der Waals surface area contributed by atoms with Gasteiger partial charge >= 0.3 is 0 Å². The second kappa shape index (κ2) is 4.60. The Morgan fingerprint density at radius 3 is 2.76 bits per heavy atom. The first-order valence-corrected chi connectivity index (χ1v) is 5.66. The fourth-order valence-electron chi connectivity index (χ4n) is 1.95. The molecule has 1 aliphatic rings. The average Bonchev–Trinajstić information content (AvgIpc) is 3.11. The molecule has 1 aromatic rings. The van der Waals surface area contributed by atoms with Crippen LogP contribution < -0.4 is 9.47 Å². The largest absolute Gasteiger partial charge is 0.496 e. The maximum atomic E-state index is 10.5. The molecule has 90 valence electrons. The molecule has 0 bridgehead atoms. The molecule has 1 saturated carbocycles. The van der Waals surface area contributed by atoms with E-state index in [1.165, 1.54) is 0 Å². The van der Waals surface area contributed by atoms with Gasteiger partial charge in [-0.25, -0.2) is 4.79 Å². The molecular formula is C13H15NO3. The van der Waals surface area contributed by atoms with Gasteiger partial charge in [0.1, 0.15) is 17.0 Å². The second-order valence-electron chi connectivity index (χ2n) is 4.03. The van der Waals surface area contributed by atoms with Gasteiger partial charge in [0, 0.05) is 5.56 Å². The van der Waals surface area contributed by atoms with Crippen LogP contribution in [0, 0.1) is 0 Å². The van der Waals surface area contributed by atoms with E-state index in [0.717, 1.165) is 29.9 Å². The van der Waals surface area contributed by atoms with Crippen LogP contribution in [-0.4, -0.2) is 19.8 Å². The Hall–Kier alpha value is -1.80. The van der Waals surface area contributed by atoms with Crippen LogP contribution in [0.2, 0.25) is 0 Å². The van der Waals surface area contributed by atoms with E-state index in [1.54, 1.807) is 13.2 Å². The van der Waals surface area contributed by atoms with Gasteiger partial charge in [-0.05, 0) is 38.0 Å². The molecule has 0 radical (unpaired) electrons. The van der Waals surface area contributed by atoms with Gasteiger partial charge in [-0.15, -0.1) is 0 Å². The number of benzene rings is 1. The molecule has 0 saturated heterocycles. The molecule has 0 aliphatic heterocycles. The number of methoxy groups -OCH3 is 1. The Kier molecular flexibility index (Phi) is 3.16. The number of hydrogen-bond acceptors (Lipinski definition) is 4. The van der Waals surface area contributed by atoms with E-state index in [2.05, 4.69) is 4.99 Å². The molecule has 1 aromatic carbocycles. The highest BCUT2D eigenvalue weighted by Gasteiger charge is 2.47. The Morgan fingerprint density at radius 1 is 1.47 bits per heavy atom. The van der Waals surface area contributed by atoms with E-state index >= 15 is 0 Å². The van der Waals surface area contributed by atoms with Crippen LogP contribution >= 0.6 is 0 Å². The molecule has 0 amide bonds. The maximum absolute atomic E-state index is 10.5. The highest BCUT2D eigenvalue weighted by molar-refractivity contribution is 5.50. The summed E-state index contributed by atoms with van der Waals surface area (Å²) in [5.41, 5.74) is 0.481. The molecule has 0 aromatic heterocycles. The first-order chi connectivity index (χ1) is 8.25. The lowest BCUT2D eigenvalue weighted by Gasteiger charge is -2.15. The van der Waals surface area contributed by atoms with Gasteiger partial charge in [-0.2, -0.15) is 4.99 Å². The van der Waals surface area contributed by atoms with E-state index in [-0.39, 0.29) is 0 Å². The van der Waals surface area contributed by atoms with Crippen molar-refractivity contribution in [1.29, 1.82) is 0 Å². The van der Waals surface area contributed by atoms with Crippen molar-refractivity contribution in [2.45, 2.75) is 25.3 Å². The van der Waals surface area contributed by atoms with Crippen LogP contribution in [0.25, 0.3) is 0 Å². The van der Waals surface area contributed by atoms with E-state index in [1.807, 2.05) is 25.1 Å². The van der Waals surface area contributed by atoms with E-state index in [4.69, 9.17) is 9.47 Å². The van der Waals surface area contributed by atoms with E-state index in [9.17, 15) is 4.79 Å². The molecule has 0 atom stereocenters. The normalized spacial score (nSPS) is 15.9. The van der Waals surface area contributed by atoms with Crippen molar-refractivity contribution in [3.8, 4) is 11.5 Å². The summed E-state index contributed by atoms with van der Waals surface area (Å²) < 4.78 is 10.8. The maximum Gasteiger partial charge on any atom is 0.235 e. The van der Waals surface area contributed by atoms with Crippen LogP contribution in [0.15, 0.2) is 23.2 Å². The number of nitrogens with zero attached hydrogens (tertiary/aromatic N) is 1. The van der Waals surface area contributed by atoms with Gasteiger partial charge in [0.25, 0.3) is 0 Å². The summed E-state index contributed by atoms with van der Waals surface area (Å²) in [5.74, 6) is 1.51. The van der Waals surface area contributed by atoms with Crippen molar-refractivity contribution < 1.29 is 14.3 Å². The smallest absolute Gasteiger partial charge is 0.235 e. The third-order valence-corrected chi connectivity index (χ3v) is 2.97. The molecule has 0 heterocycles. The Labute approximate surface area is 100 Å². The number of aliphatic imine (C=N–C) groups is 1. The van der Waals surface area contributed by atoms with Crippen LogP contribution in [0.1, 0.15) is 25.3 Å². The van der Waals surface area contributed by atoms with Crippen molar-refractivity contribution in [3.63, 3.8) is 0 Å². The first-order valence-electron chi connectivity index (χ1n) is 5.66. The average molecular weight is 233 g/mol. The van der Waals surface area contributed by atoms with Crippen LogP contribution in [-0.2, 0) is 10.3 Å². The van der Waals surface area contributed by atoms with Gasteiger partial charge in [0.15, 0.2) is 0 Å². The van der Waals surface area contributed by atoms with Crippen molar-refractivity contribution in [1.82, 2.24) is 0 Å². The fourth-order valence-corrected chi connectivity index (χ4v) is 1.95. The van der Waals surface area contributed by atoms with Gasteiger partial charge < -0.3 is 9.47 Å². The number of hydrogen-bond donors (Lipinski definition) is 0. The van der Waals surface area contributed by atoms with Crippen molar-refractivity contribution in [3.05, 3.63) is 23.8 Å². The van der Waals surface area contributed by atoms with Crippen molar-refractivity contribution in [2.24, 2.45) is 4.99 Å². The number of carbonyl (C=O) groups excluding carboxylic acids is 1. The number of isocyanates is 1. The zero-order chi connectivity index (χ0) is 12.3. The molecule has 2 rings (SSSR count). The summed E-state index contributed by atoms with van der Waals surface area (Å²) in [7, 11) is 1.61. The molecule has 1 fully saturated rings. The fraction of sp³-hybridized carbons (Fsp3) is 0.462. The molecule has 0 spiro atoms. The third kappa shape index (κ3) is 2.17. The molecule has 0 unspecified atom stereocenters. The lowest BCUT2D eigenvalue weighted by atomic mass is 10.0. The second-order valence-corrected chi connectivity index (χ2v) is 4.03. The predicted octanol–water partition coefficient (Wildman–Crippen LogP) is 2.42. The molecular weight excluding hydrogens is 218 g/mol. The lowest BCUT2D eigenvalue weighted by molar-refractivity contribution is 0.337. The summed E-state index contributed by atoms with van der Waals surface area (Å²) in [5, 5.41) is 0. The highest BCUT2D eigenvalue weighted by Crippen LogP contribution is 2.52. The quantitative estimate of drug-likeness (QED) is 0.579. The first kappa shape index (κ1) is 11.7. The molecule has 4 heteroatoms. The predicted molar refractivity (Wildman–Crippen MR) is 63.2 cm³/mol. The van der Waals surface area contributed by atoms with Gasteiger partial charge in [-0.3, -0.25) is 0 Å². The minimum Gasteiger partial charge on any atom is -0.496 e. The van der Waals surface area contributed by atoms with Crippen molar-refractivity contribution in [2.75, 3.05) is 13.7 Å². The topological polar surface area (TPSA) is 47.9 Å². The van der Waals surface area contributed by atoms with Crippen LogP contribution in [0.4, 0.5) is 0 Å². The third-order valence-electron chi connectivity index (χ3n) is 2.97. The molecule has 17 heavy (non-hydrogen) atoms. The van der Waals surface area contributed by atoms with Gasteiger partial charge in [0.05, 0.1) is 13.7 Å². The highest BCUT2D eigenvalue weighted by atomic mass is 16.5. The number of ether oxygens (including phenoxy) is 2. The van der Waals surface area contributed by atoms with E-state index in [0.29, 0.717) is 6.61 Å². The number of rotatable bonds is 5. The SMILES string of the molecule is CCOc1ccc(OC)c(C2(N=C=O)CC2)c1. The Morgan fingerprint density at radius 2 is 2.24 bits per heavy atom. The van der Waals surface area contributed by atoms with Gasteiger partial charge in [-0.1, -0.05) is 0 Å². The summed E-state index contributed by atoms with van der Waals surface area (Å²) in [6.07, 6.45) is 3.36. The van der Waals surface area contributed by atoms with Crippen LogP contribution in [0.3, 0.4) is 0 Å². The monoisotopic (exact) mass is 233 g/mol. The minimum absolute atomic E-state index is 0.430. The molecule has 4 nitrogen and oxygen atoms in total. The molecule has 0 N–H and O–H groups in total. The van der Waals surface area contributed by atoms with Crippen LogP contribution in [0.5, 0.6) is 11.5 Å². The zero-order valence-corrected chi connectivity index (χ0v) is 10.0. The summed E-state index contributed by atoms with van der Waals surface area (Å²) in [6, 6.07) is 5.60. The summed E-state index contributed by atoms with van der Waals surface area (Å²) >= 11 is 0. The standard InChI is InChI=1S/C13H15NO3/c1-3-17-10-4-5-12(16-2)11(8-10)13(6-7-13)14-9-15/h4-5,8H,3,6-7H2,1-2H3. The zero-order valence-electron chi connectivity index (χ0n) is 10.0. The molecule has 1 aliphatic carbocycles. The minimum atomic E-state index is -0.430. The Balaban J connectivity index is 2.42. The summed E-state index contributed by atoms with van der Waals surface area (Å²) in [6.45, 7) is 2.54. The Bertz CT molecular complexity index is 460. The van der Waals surface area contributed by atoms with Crippen molar-refractivity contribution >= 4 is 6.08 Å². The van der Waals surface area contributed by atoms with E-state index < -0.39 is 5.54 Å². The van der Waals surface area contributed by atoms with Gasteiger partial charge in [0.2, 0.25) is 6.08 Å². The summed E-state index contributed by atoms with van der Waals surface area (Å²) in [4.78, 5) is 14.4. The lowest BCUT2D eigenvalue weighted by Crippen LogP contribution is -2.06.